The van der Waals surface area contributed by atoms with Crippen LogP contribution < -0.4 is 10.2 Å². The molecule has 18 heavy (non-hydrogen) atoms. The number of nitrogens with one attached hydrogen (secondary N) is 1. The average molecular weight is 312 g/mol. The summed E-state index contributed by atoms with van der Waals surface area (Å²) < 4.78 is 0.978. The third-order valence-corrected chi connectivity index (χ3v) is 3.76. The number of carbonyl (C=O) groups excluding carboxylic acids is 1. The first-order valence-corrected chi connectivity index (χ1v) is 6.90. The molecule has 1 aromatic carbocycles. The molecular formula is C13H18BrN3O. The summed E-state index contributed by atoms with van der Waals surface area (Å²) in [5, 5.41) is 3.07. The molecule has 5 heteroatoms. The van der Waals surface area contributed by atoms with Gasteiger partial charge in [0.1, 0.15) is 0 Å². The number of benzene rings is 1. The lowest BCUT2D eigenvalue weighted by molar-refractivity contribution is 0.221. The molecule has 0 radical (unpaired) electrons. The van der Waals surface area contributed by atoms with E-state index in [-0.39, 0.29) is 6.03 Å². The van der Waals surface area contributed by atoms with E-state index < -0.39 is 0 Å². The number of likely N-dealkylation sites (N-methyl/N-ethyl adjacent to an activating group) is 1. The average Bonchev–Trinajstić information content (AvgIpc) is 2.68. The lowest BCUT2D eigenvalue weighted by Gasteiger charge is -2.19. The van der Waals surface area contributed by atoms with Gasteiger partial charge in [0.2, 0.25) is 0 Å². The molecule has 0 spiro atoms. The van der Waals surface area contributed by atoms with Gasteiger partial charge < -0.3 is 10.2 Å². The molecule has 1 aliphatic rings. The predicted molar refractivity (Wildman–Crippen MR) is 77.1 cm³/mol. The summed E-state index contributed by atoms with van der Waals surface area (Å²) in [6.45, 7) is 5.18. The van der Waals surface area contributed by atoms with Crippen LogP contribution in [0.4, 0.5) is 10.5 Å². The molecule has 1 N–H and O–H groups in total. The normalized spacial score (nSPS) is 15.6. The highest BCUT2D eigenvalue weighted by molar-refractivity contribution is 9.10. The minimum absolute atomic E-state index is 0.0924. The minimum atomic E-state index is 0.0924. The number of amides is 2. The van der Waals surface area contributed by atoms with Crippen molar-refractivity contribution >= 4 is 27.6 Å². The number of anilines is 1. The van der Waals surface area contributed by atoms with Gasteiger partial charge in [-0.3, -0.25) is 4.90 Å². The third kappa shape index (κ3) is 2.67. The largest absolute Gasteiger partial charge is 0.324 e. The fourth-order valence-corrected chi connectivity index (χ4v) is 2.80. The van der Waals surface area contributed by atoms with Crippen molar-refractivity contribution in [2.24, 2.45) is 0 Å². The molecule has 0 aliphatic carbocycles. The van der Waals surface area contributed by atoms with Crippen LogP contribution in [0, 0.1) is 6.92 Å². The van der Waals surface area contributed by atoms with Crippen LogP contribution in [0.15, 0.2) is 22.7 Å². The molecule has 0 unspecified atom stereocenters. The van der Waals surface area contributed by atoms with E-state index in [1.54, 1.807) is 0 Å². The van der Waals surface area contributed by atoms with Gasteiger partial charge in [0, 0.05) is 30.7 Å². The van der Waals surface area contributed by atoms with Gasteiger partial charge in [0.15, 0.2) is 0 Å². The summed E-state index contributed by atoms with van der Waals surface area (Å²) in [6.07, 6.45) is 0. The summed E-state index contributed by atoms with van der Waals surface area (Å²) in [5.74, 6) is 0. The molecule has 1 aromatic rings. The number of urea groups is 1. The molecule has 0 bridgehead atoms. The number of nitrogens with zero attached hydrogens (tertiary/aromatic N) is 2. The van der Waals surface area contributed by atoms with Crippen molar-refractivity contribution < 1.29 is 4.79 Å². The molecule has 1 aliphatic heterocycles. The molecule has 4 nitrogen and oxygen atoms in total. The second-order valence-electron chi connectivity index (χ2n) is 4.48. The van der Waals surface area contributed by atoms with Crippen LogP contribution in [0.3, 0.4) is 0 Å². The van der Waals surface area contributed by atoms with Crippen molar-refractivity contribution in [1.82, 2.24) is 10.2 Å². The quantitative estimate of drug-likeness (QED) is 0.925. The third-order valence-electron chi connectivity index (χ3n) is 3.12. The standard InChI is InChI=1S/C13H18BrN3O/c1-10-3-4-12(11(14)9-10)17-8-7-16(13(17)18)6-5-15-2/h3-4,9,15H,5-8H2,1-2H3. The zero-order chi connectivity index (χ0) is 13.1. The van der Waals surface area contributed by atoms with Crippen LogP contribution >= 0.6 is 15.9 Å². The summed E-state index contributed by atoms with van der Waals surface area (Å²) in [7, 11) is 1.90. The Morgan fingerprint density at radius 2 is 2.17 bits per heavy atom. The molecule has 0 saturated carbocycles. The Kier molecular flexibility index (Phi) is 4.24. The molecule has 1 fully saturated rings. The van der Waals surface area contributed by atoms with Crippen LogP contribution in [-0.2, 0) is 0 Å². The van der Waals surface area contributed by atoms with Gasteiger partial charge in [0.25, 0.3) is 0 Å². The highest BCUT2D eigenvalue weighted by Crippen LogP contribution is 2.29. The lowest BCUT2D eigenvalue weighted by atomic mass is 10.2. The molecule has 2 rings (SSSR count). The first-order chi connectivity index (χ1) is 8.63. The first kappa shape index (κ1) is 13.4. The molecule has 1 saturated heterocycles. The molecular weight excluding hydrogens is 294 g/mol. The Bertz CT molecular complexity index is 450. The minimum Gasteiger partial charge on any atom is -0.321 e. The molecule has 0 aromatic heterocycles. The second-order valence-corrected chi connectivity index (χ2v) is 5.33. The van der Waals surface area contributed by atoms with Crippen molar-refractivity contribution in [3.63, 3.8) is 0 Å². The lowest BCUT2D eigenvalue weighted by Crippen LogP contribution is -2.35. The van der Waals surface area contributed by atoms with Gasteiger partial charge >= 0.3 is 6.03 Å². The summed E-state index contributed by atoms with van der Waals surface area (Å²) in [6, 6.07) is 6.16. The monoisotopic (exact) mass is 311 g/mol. The van der Waals surface area contributed by atoms with E-state index in [4.69, 9.17) is 0 Å². The van der Waals surface area contributed by atoms with E-state index in [1.165, 1.54) is 5.56 Å². The highest BCUT2D eigenvalue weighted by atomic mass is 79.9. The van der Waals surface area contributed by atoms with Gasteiger partial charge in [-0.1, -0.05) is 6.07 Å². The predicted octanol–water partition coefficient (Wildman–Crippen LogP) is 2.22. The van der Waals surface area contributed by atoms with Crippen LogP contribution in [0.5, 0.6) is 0 Å². The van der Waals surface area contributed by atoms with Crippen LogP contribution in [0.1, 0.15) is 5.56 Å². The smallest absolute Gasteiger partial charge is 0.321 e. The molecule has 2 amide bonds. The Balaban J connectivity index is 2.13. The summed E-state index contributed by atoms with van der Waals surface area (Å²) >= 11 is 3.53. The topological polar surface area (TPSA) is 35.6 Å². The SMILES string of the molecule is CNCCN1CCN(c2ccc(C)cc2Br)C1=O. The van der Waals surface area contributed by atoms with Crippen LogP contribution in [-0.4, -0.2) is 44.2 Å². The van der Waals surface area contributed by atoms with Crippen molar-refractivity contribution in [3.05, 3.63) is 28.2 Å². The van der Waals surface area contributed by atoms with Crippen molar-refractivity contribution in [2.75, 3.05) is 38.1 Å². The zero-order valence-corrected chi connectivity index (χ0v) is 12.3. The number of aryl methyl sites for hydroxylation is 1. The second kappa shape index (κ2) is 5.71. The number of rotatable bonds is 4. The Labute approximate surface area is 116 Å². The van der Waals surface area contributed by atoms with E-state index >= 15 is 0 Å². The van der Waals surface area contributed by atoms with Crippen molar-refractivity contribution in [2.45, 2.75) is 6.92 Å². The number of hydrogen-bond acceptors (Lipinski definition) is 2. The van der Waals surface area contributed by atoms with Crippen molar-refractivity contribution in [1.29, 1.82) is 0 Å². The number of hydrogen-bond donors (Lipinski definition) is 1. The Morgan fingerprint density at radius 1 is 1.39 bits per heavy atom. The fraction of sp³-hybridized carbons (Fsp3) is 0.462. The maximum Gasteiger partial charge on any atom is 0.324 e. The zero-order valence-electron chi connectivity index (χ0n) is 10.7. The summed E-state index contributed by atoms with van der Waals surface area (Å²) in [5.41, 5.74) is 2.14. The Hall–Kier alpha value is -1.07. The molecule has 0 atom stereocenters. The molecule has 1 heterocycles. The summed E-state index contributed by atoms with van der Waals surface area (Å²) in [4.78, 5) is 16.0. The van der Waals surface area contributed by atoms with E-state index in [1.807, 2.05) is 42.0 Å². The van der Waals surface area contributed by atoms with E-state index in [2.05, 4.69) is 21.2 Å². The highest BCUT2D eigenvalue weighted by Gasteiger charge is 2.29. The maximum absolute atomic E-state index is 12.3. The van der Waals surface area contributed by atoms with Gasteiger partial charge in [0.05, 0.1) is 5.69 Å². The Morgan fingerprint density at radius 3 is 2.83 bits per heavy atom. The first-order valence-electron chi connectivity index (χ1n) is 6.10. The van der Waals surface area contributed by atoms with Gasteiger partial charge in [-0.05, 0) is 47.6 Å². The van der Waals surface area contributed by atoms with Crippen molar-refractivity contribution in [3.8, 4) is 0 Å². The molecule has 98 valence electrons. The number of halogens is 1. The van der Waals surface area contributed by atoms with E-state index in [0.717, 1.165) is 36.3 Å². The van der Waals surface area contributed by atoms with Crippen LogP contribution in [0.2, 0.25) is 0 Å². The fourth-order valence-electron chi connectivity index (χ4n) is 2.09. The van der Waals surface area contributed by atoms with Crippen LogP contribution in [0.25, 0.3) is 0 Å². The van der Waals surface area contributed by atoms with Gasteiger partial charge in [-0.2, -0.15) is 0 Å². The van der Waals surface area contributed by atoms with E-state index in [9.17, 15) is 4.79 Å². The van der Waals surface area contributed by atoms with E-state index in [0.29, 0.717) is 0 Å². The maximum atomic E-state index is 12.3. The number of carbonyl (C=O) groups is 1. The van der Waals surface area contributed by atoms with Gasteiger partial charge in [-0.15, -0.1) is 0 Å². The van der Waals surface area contributed by atoms with Gasteiger partial charge in [-0.25, -0.2) is 4.79 Å².